The molecule has 3 rings (SSSR count). The zero-order valence-corrected chi connectivity index (χ0v) is 17.2. The van der Waals surface area contributed by atoms with Crippen molar-refractivity contribution in [1.29, 1.82) is 5.26 Å². The van der Waals surface area contributed by atoms with Gasteiger partial charge < -0.3 is 10.2 Å². The number of anilines is 2. The highest BCUT2D eigenvalue weighted by Gasteiger charge is 2.35. The number of hydrogen-bond donors (Lipinski definition) is 1. The van der Waals surface area contributed by atoms with E-state index in [9.17, 15) is 28.1 Å². The molecular weight excluding hydrogens is 429 g/mol. The van der Waals surface area contributed by atoms with Crippen molar-refractivity contribution in [3.63, 3.8) is 0 Å². The van der Waals surface area contributed by atoms with Gasteiger partial charge in [0.25, 0.3) is 5.69 Å². The fraction of sp³-hybridized carbons (Fsp3) is 0.450. The number of aryl methyl sites for hydroxylation is 2. The summed E-state index contributed by atoms with van der Waals surface area (Å²) in [7, 11) is 0. The van der Waals surface area contributed by atoms with E-state index in [4.69, 9.17) is 5.26 Å². The summed E-state index contributed by atoms with van der Waals surface area (Å²) >= 11 is 0. The third kappa shape index (κ3) is 5.16. The lowest BCUT2D eigenvalue weighted by Gasteiger charge is -2.32. The molecule has 0 saturated carbocycles. The topological polar surface area (TPSA) is 117 Å². The maximum atomic E-state index is 12.9. The first-order chi connectivity index (χ1) is 15.1. The lowest BCUT2D eigenvalue weighted by Crippen LogP contribution is -2.38. The molecule has 1 aromatic heterocycles. The van der Waals surface area contributed by atoms with E-state index in [1.54, 1.807) is 22.6 Å². The van der Waals surface area contributed by atoms with Crippen molar-refractivity contribution in [2.75, 3.05) is 23.3 Å². The summed E-state index contributed by atoms with van der Waals surface area (Å²) in [6.07, 6.45) is -3.66. The fourth-order valence-electron chi connectivity index (χ4n) is 3.70. The minimum absolute atomic E-state index is 0.104. The number of halogens is 3. The van der Waals surface area contributed by atoms with Crippen LogP contribution in [0.1, 0.15) is 30.5 Å². The molecule has 1 aromatic carbocycles. The van der Waals surface area contributed by atoms with E-state index in [1.807, 2.05) is 6.07 Å². The highest BCUT2D eigenvalue weighted by Crippen LogP contribution is 2.37. The maximum Gasteiger partial charge on any atom is 0.416 e. The standard InChI is InChI=1S/C20H21F3N6O3/c1-13-11-18(28(26-13)8-2-7-24)25-19(30)14-5-9-27(10-6-14)16-4-3-15(20(21,22)23)12-17(16)29(31)32/h3-4,11-12,14H,2,5-6,8-10H2,1H3,(H,25,30). The molecule has 0 aliphatic carbocycles. The molecule has 1 N–H and O–H groups in total. The highest BCUT2D eigenvalue weighted by atomic mass is 19.4. The second kappa shape index (κ2) is 9.25. The van der Waals surface area contributed by atoms with E-state index >= 15 is 0 Å². The number of alkyl halides is 3. The van der Waals surface area contributed by atoms with Crippen LogP contribution in [0, 0.1) is 34.3 Å². The number of carbonyl (C=O) groups excluding carboxylic acids is 1. The molecule has 0 atom stereocenters. The Morgan fingerprint density at radius 3 is 2.62 bits per heavy atom. The predicted octanol–water partition coefficient (Wildman–Crippen LogP) is 3.89. The Balaban J connectivity index is 1.67. The van der Waals surface area contributed by atoms with Crippen LogP contribution in [-0.4, -0.2) is 33.7 Å². The van der Waals surface area contributed by atoms with E-state index in [2.05, 4.69) is 10.4 Å². The normalized spacial score (nSPS) is 14.8. The van der Waals surface area contributed by atoms with Crippen molar-refractivity contribution in [2.45, 2.75) is 38.9 Å². The van der Waals surface area contributed by atoms with Crippen LogP contribution in [0.5, 0.6) is 0 Å². The number of amides is 1. The average molecular weight is 450 g/mol. The van der Waals surface area contributed by atoms with Crippen LogP contribution in [0.3, 0.4) is 0 Å². The molecule has 0 bridgehead atoms. The van der Waals surface area contributed by atoms with Crippen LogP contribution in [0.4, 0.5) is 30.4 Å². The number of hydrogen-bond acceptors (Lipinski definition) is 6. The molecule has 170 valence electrons. The molecule has 0 spiro atoms. The van der Waals surface area contributed by atoms with Crippen molar-refractivity contribution in [1.82, 2.24) is 9.78 Å². The third-order valence-electron chi connectivity index (χ3n) is 5.29. The van der Waals surface area contributed by atoms with Crippen molar-refractivity contribution >= 4 is 23.1 Å². The largest absolute Gasteiger partial charge is 0.416 e. The van der Waals surface area contributed by atoms with Crippen molar-refractivity contribution in [2.24, 2.45) is 5.92 Å². The van der Waals surface area contributed by atoms with Gasteiger partial charge in [-0.15, -0.1) is 0 Å². The lowest BCUT2D eigenvalue weighted by atomic mass is 9.95. The number of carbonyl (C=O) groups is 1. The quantitative estimate of drug-likeness (QED) is 0.527. The third-order valence-corrected chi connectivity index (χ3v) is 5.29. The Labute approximate surface area is 181 Å². The van der Waals surface area contributed by atoms with Crippen molar-refractivity contribution in [3.8, 4) is 6.07 Å². The van der Waals surface area contributed by atoms with E-state index in [-0.39, 0.29) is 37.0 Å². The monoisotopic (exact) mass is 450 g/mol. The van der Waals surface area contributed by atoms with E-state index in [0.717, 1.165) is 12.1 Å². The molecule has 1 saturated heterocycles. The van der Waals surface area contributed by atoms with Gasteiger partial charge in [0.05, 0.1) is 35.2 Å². The number of rotatable bonds is 6. The SMILES string of the molecule is Cc1cc(NC(=O)C2CCN(c3ccc(C(F)(F)F)cc3[N+](=O)[O-])CC2)n(CCC#N)n1. The van der Waals surface area contributed by atoms with Crippen LogP contribution in [0.25, 0.3) is 0 Å². The van der Waals surface area contributed by atoms with Gasteiger partial charge in [-0.3, -0.25) is 14.9 Å². The Morgan fingerprint density at radius 2 is 2.03 bits per heavy atom. The first kappa shape index (κ1) is 23.1. The lowest BCUT2D eigenvalue weighted by molar-refractivity contribution is -0.384. The highest BCUT2D eigenvalue weighted by molar-refractivity contribution is 5.92. The fourth-order valence-corrected chi connectivity index (χ4v) is 3.70. The number of aromatic nitrogens is 2. The number of piperidine rings is 1. The van der Waals surface area contributed by atoms with Gasteiger partial charge in [-0.2, -0.15) is 23.5 Å². The molecule has 1 aliphatic heterocycles. The minimum atomic E-state index is -4.67. The van der Waals surface area contributed by atoms with Crippen molar-refractivity contribution in [3.05, 3.63) is 45.6 Å². The number of benzene rings is 1. The Hall–Kier alpha value is -3.62. The molecule has 2 heterocycles. The summed E-state index contributed by atoms with van der Waals surface area (Å²) in [5, 5.41) is 27.2. The molecule has 9 nitrogen and oxygen atoms in total. The maximum absolute atomic E-state index is 12.9. The van der Waals surface area contributed by atoms with Gasteiger partial charge >= 0.3 is 6.18 Å². The summed E-state index contributed by atoms with van der Waals surface area (Å²) in [6.45, 7) is 2.69. The summed E-state index contributed by atoms with van der Waals surface area (Å²) < 4.78 is 40.3. The summed E-state index contributed by atoms with van der Waals surface area (Å²) in [5.74, 6) is -0.104. The molecule has 2 aromatic rings. The number of nitrogens with zero attached hydrogens (tertiary/aromatic N) is 5. The van der Waals surface area contributed by atoms with Crippen LogP contribution >= 0.6 is 0 Å². The predicted molar refractivity (Wildman–Crippen MR) is 109 cm³/mol. The average Bonchev–Trinajstić information content (AvgIpc) is 3.09. The van der Waals surface area contributed by atoms with Crippen molar-refractivity contribution < 1.29 is 22.9 Å². The molecule has 0 unspecified atom stereocenters. The number of nitro benzene ring substituents is 1. The number of nitrogens with one attached hydrogen (secondary N) is 1. The van der Waals surface area contributed by atoms with E-state index in [0.29, 0.717) is 37.0 Å². The smallest absolute Gasteiger partial charge is 0.366 e. The van der Waals surface area contributed by atoms with Gasteiger partial charge in [0.2, 0.25) is 5.91 Å². The van der Waals surface area contributed by atoms with E-state index in [1.165, 1.54) is 0 Å². The van der Waals surface area contributed by atoms with Crippen LogP contribution < -0.4 is 10.2 Å². The Bertz CT molecular complexity index is 1050. The molecule has 0 radical (unpaired) electrons. The van der Waals surface area contributed by atoms with Crippen LogP contribution in [0.2, 0.25) is 0 Å². The van der Waals surface area contributed by atoms with Crippen LogP contribution in [0.15, 0.2) is 24.3 Å². The molecule has 1 amide bonds. The van der Waals surface area contributed by atoms with E-state index < -0.39 is 22.4 Å². The van der Waals surface area contributed by atoms with Gasteiger partial charge in [-0.05, 0) is 31.9 Å². The van der Waals surface area contributed by atoms with Gasteiger partial charge in [0.15, 0.2) is 0 Å². The van der Waals surface area contributed by atoms with Gasteiger partial charge in [-0.1, -0.05) is 0 Å². The summed E-state index contributed by atoms with van der Waals surface area (Å²) in [5.41, 5.74) is -0.889. The number of nitriles is 1. The Morgan fingerprint density at radius 1 is 1.34 bits per heavy atom. The van der Waals surface area contributed by atoms with Crippen LogP contribution in [-0.2, 0) is 17.5 Å². The summed E-state index contributed by atoms with van der Waals surface area (Å²) in [6, 6.07) is 6.20. The molecule has 32 heavy (non-hydrogen) atoms. The van der Waals surface area contributed by atoms with Gasteiger partial charge in [-0.25, -0.2) is 4.68 Å². The molecule has 12 heteroatoms. The van der Waals surface area contributed by atoms with Gasteiger partial charge in [0, 0.05) is 31.1 Å². The first-order valence-corrected chi connectivity index (χ1v) is 9.93. The minimum Gasteiger partial charge on any atom is -0.366 e. The molecular formula is C20H21F3N6O3. The molecule has 1 aliphatic rings. The summed E-state index contributed by atoms with van der Waals surface area (Å²) in [4.78, 5) is 24.9. The van der Waals surface area contributed by atoms with Gasteiger partial charge in [0.1, 0.15) is 11.5 Å². The molecule has 1 fully saturated rings. The second-order valence-corrected chi connectivity index (χ2v) is 7.51. The zero-order valence-electron chi connectivity index (χ0n) is 17.2. The second-order valence-electron chi connectivity index (χ2n) is 7.51. The zero-order chi connectivity index (χ0) is 23.5. The Kier molecular flexibility index (Phi) is 6.67. The number of nitro groups is 1. The first-order valence-electron chi connectivity index (χ1n) is 9.93.